The molecule has 1 atom stereocenters. The molecule has 6 heteroatoms. The van der Waals surface area contributed by atoms with Gasteiger partial charge in [-0.3, -0.25) is 14.4 Å². The Kier molecular flexibility index (Phi) is 7.63. The molecule has 0 bridgehead atoms. The van der Waals surface area contributed by atoms with E-state index in [4.69, 9.17) is 4.74 Å². The number of esters is 1. The molecule has 0 radical (unpaired) electrons. The second-order valence-electron chi connectivity index (χ2n) is 6.75. The molecule has 1 aliphatic heterocycles. The fourth-order valence-corrected chi connectivity index (χ4v) is 2.94. The summed E-state index contributed by atoms with van der Waals surface area (Å²) in [4.78, 5) is 38.2. The summed E-state index contributed by atoms with van der Waals surface area (Å²) < 4.78 is 5.03. The van der Waals surface area contributed by atoms with Gasteiger partial charge in [-0.25, -0.2) is 0 Å². The molecule has 1 heterocycles. The number of carbonyl (C=O) groups excluding carboxylic acids is 3. The number of ether oxygens (including phenoxy) is 1. The van der Waals surface area contributed by atoms with Gasteiger partial charge in [0.25, 0.3) is 5.91 Å². The first-order chi connectivity index (χ1) is 12.5. The van der Waals surface area contributed by atoms with Gasteiger partial charge in [0, 0.05) is 18.7 Å². The Morgan fingerprint density at radius 2 is 1.96 bits per heavy atom. The summed E-state index contributed by atoms with van der Waals surface area (Å²) >= 11 is 0. The number of hydrogen-bond donors (Lipinski definition) is 1. The molecule has 1 saturated heterocycles. The number of likely N-dealkylation sites (tertiary alicyclic amines) is 1. The minimum atomic E-state index is -0.421. The van der Waals surface area contributed by atoms with E-state index in [9.17, 15) is 14.4 Å². The SMILES string of the molecule is CCCCOC(=O)CNC(=O)C1CCCN(C(=O)c2ccc(C)cc2)C1. The summed E-state index contributed by atoms with van der Waals surface area (Å²) in [5, 5.41) is 2.63. The van der Waals surface area contributed by atoms with E-state index >= 15 is 0 Å². The number of nitrogens with one attached hydrogen (secondary N) is 1. The fourth-order valence-electron chi connectivity index (χ4n) is 2.94. The van der Waals surface area contributed by atoms with Crippen LogP contribution in [-0.4, -0.2) is 48.9 Å². The van der Waals surface area contributed by atoms with Crippen LogP contribution in [0.1, 0.15) is 48.5 Å². The largest absolute Gasteiger partial charge is 0.464 e. The number of carbonyl (C=O) groups is 3. The Morgan fingerprint density at radius 1 is 1.23 bits per heavy atom. The van der Waals surface area contributed by atoms with Crippen molar-refractivity contribution in [2.45, 2.75) is 39.5 Å². The molecular weight excluding hydrogens is 332 g/mol. The number of rotatable bonds is 7. The van der Waals surface area contributed by atoms with Crippen molar-refractivity contribution in [3.05, 3.63) is 35.4 Å². The summed E-state index contributed by atoms with van der Waals surface area (Å²) in [6.45, 7) is 5.28. The van der Waals surface area contributed by atoms with Crippen LogP contribution in [0.4, 0.5) is 0 Å². The molecule has 1 N–H and O–H groups in total. The maximum absolute atomic E-state index is 12.6. The van der Waals surface area contributed by atoms with Gasteiger partial charge in [0.1, 0.15) is 6.54 Å². The second-order valence-corrected chi connectivity index (χ2v) is 6.75. The molecule has 1 fully saturated rings. The third-order valence-corrected chi connectivity index (χ3v) is 4.55. The second kappa shape index (κ2) is 9.94. The smallest absolute Gasteiger partial charge is 0.325 e. The van der Waals surface area contributed by atoms with E-state index in [0.717, 1.165) is 24.8 Å². The zero-order valence-electron chi connectivity index (χ0n) is 15.6. The van der Waals surface area contributed by atoms with Gasteiger partial charge < -0.3 is 15.0 Å². The van der Waals surface area contributed by atoms with Gasteiger partial charge in [-0.2, -0.15) is 0 Å². The maximum atomic E-state index is 12.6. The van der Waals surface area contributed by atoms with Crippen molar-refractivity contribution in [2.24, 2.45) is 5.92 Å². The molecule has 1 unspecified atom stereocenters. The van der Waals surface area contributed by atoms with Gasteiger partial charge in [0.2, 0.25) is 5.91 Å². The maximum Gasteiger partial charge on any atom is 0.325 e. The van der Waals surface area contributed by atoms with Crippen LogP contribution in [-0.2, 0) is 14.3 Å². The minimum absolute atomic E-state index is 0.0542. The topological polar surface area (TPSA) is 75.7 Å². The number of hydrogen-bond acceptors (Lipinski definition) is 4. The first kappa shape index (κ1) is 19.9. The van der Waals surface area contributed by atoms with Gasteiger partial charge >= 0.3 is 5.97 Å². The highest BCUT2D eigenvalue weighted by molar-refractivity contribution is 5.94. The van der Waals surface area contributed by atoms with Crippen LogP contribution in [0, 0.1) is 12.8 Å². The van der Waals surface area contributed by atoms with Crippen LogP contribution in [0.3, 0.4) is 0 Å². The number of aryl methyl sites for hydroxylation is 1. The van der Waals surface area contributed by atoms with Crippen molar-refractivity contribution in [3.63, 3.8) is 0 Å². The van der Waals surface area contributed by atoms with Crippen molar-refractivity contribution in [3.8, 4) is 0 Å². The molecule has 0 aromatic heterocycles. The molecule has 1 aromatic rings. The van der Waals surface area contributed by atoms with E-state index in [1.54, 1.807) is 4.90 Å². The Hall–Kier alpha value is -2.37. The lowest BCUT2D eigenvalue weighted by atomic mass is 9.96. The van der Waals surface area contributed by atoms with E-state index < -0.39 is 5.97 Å². The van der Waals surface area contributed by atoms with Gasteiger partial charge in [-0.1, -0.05) is 31.0 Å². The predicted molar refractivity (Wildman–Crippen MR) is 98.7 cm³/mol. The van der Waals surface area contributed by atoms with Crippen molar-refractivity contribution in [1.82, 2.24) is 10.2 Å². The fraction of sp³-hybridized carbons (Fsp3) is 0.550. The number of nitrogens with zero attached hydrogens (tertiary/aromatic N) is 1. The van der Waals surface area contributed by atoms with Crippen LogP contribution in [0.2, 0.25) is 0 Å². The van der Waals surface area contributed by atoms with E-state index in [-0.39, 0.29) is 24.3 Å². The molecule has 0 aliphatic carbocycles. The third kappa shape index (κ3) is 5.86. The van der Waals surface area contributed by atoms with Crippen molar-refractivity contribution < 1.29 is 19.1 Å². The van der Waals surface area contributed by atoms with Gasteiger partial charge in [-0.05, 0) is 38.3 Å². The number of benzene rings is 1. The molecule has 1 aliphatic rings. The third-order valence-electron chi connectivity index (χ3n) is 4.55. The first-order valence-electron chi connectivity index (χ1n) is 9.30. The van der Waals surface area contributed by atoms with Gasteiger partial charge in [0.15, 0.2) is 0 Å². The van der Waals surface area contributed by atoms with E-state index in [1.807, 2.05) is 38.1 Å². The zero-order valence-corrected chi connectivity index (χ0v) is 15.6. The lowest BCUT2D eigenvalue weighted by Gasteiger charge is -2.32. The normalized spacial score (nSPS) is 16.8. The van der Waals surface area contributed by atoms with E-state index in [2.05, 4.69) is 5.32 Å². The Morgan fingerprint density at radius 3 is 2.65 bits per heavy atom. The van der Waals surface area contributed by atoms with Gasteiger partial charge in [-0.15, -0.1) is 0 Å². The molecule has 26 heavy (non-hydrogen) atoms. The molecular formula is C20H28N2O4. The Bertz CT molecular complexity index is 627. The highest BCUT2D eigenvalue weighted by atomic mass is 16.5. The summed E-state index contributed by atoms with van der Waals surface area (Å²) in [6.07, 6.45) is 3.26. The number of amides is 2. The van der Waals surface area contributed by atoms with Crippen molar-refractivity contribution in [1.29, 1.82) is 0 Å². The lowest BCUT2D eigenvalue weighted by Crippen LogP contribution is -2.46. The van der Waals surface area contributed by atoms with Crippen molar-refractivity contribution in [2.75, 3.05) is 26.2 Å². The standard InChI is InChI=1S/C20H28N2O4/c1-3-4-12-26-18(23)13-21-19(24)17-6-5-11-22(14-17)20(25)16-9-7-15(2)8-10-16/h7-10,17H,3-6,11-14H2,1-2H3,(H,21,24). The van der Waals surface area contributed by atoms with Crippen LogP contribution >= 0.6 is 0 Å². The average molecular weight is 360 g/mol. The molecule has 1 aromatic carbocycles. The Balaban J connectivity index is 1.83. The monoisotopic (exact) mass is 360 g/mol. The summed E-state index contributed by atoms with van der Waals surface area (Å²) in [5.41, 5.74) is 1.74. The summed E-state index contributed by atoms with van der Waals surface area (Å²) in [6, 6.07) is 7.44. The predicted octanol–water partition coefficient (Wildman–Crippen LogP) is 2.31. The lowest BCUT2D eigenvalue weighted by molar-refractivity contribution is -0.144. The average Bonchev–Trinajstić information content (AvgIpc) is 2.66. The molecule has 142 valence electrons. The summed E-state index contributed by atoms with van der Waals surface area (Å²) in [5.74, 6) is -0.961. The van der Waals surface area contributed by atoms with E-state index in [1.165, 1.54) is 0 Å². The number of piperidine rings is 1. The highest BCUT2D eigenvalue weighted by Crippen LogP contribution is 2.19. The van der Waals surface area contributed by atoms with Crippen LogP contribution < -0.4 is 5.32 Å². The quantitative estimate of drug-likeness (QED) is 0.598. The molecule has 0 spiro atoms. The summed E-state index contributed by atoms with van der Waals surface area (Å²) in [7, 11) is 0. The van der Waals surface area contributed by atoms with Crippen LogP contribution in [0.25, 0.3) is 0 Å². The van der Waals surface area contributed by atoms with Crippen LogP contribution in [0.15, 0.2) is 24.3 Å². The molecule has 2 amide bonds. The van der Waals surface area contributed by atoms with Crippen LogP contribution in [0.5, 0.6) is 0 Å². The molecule has 2 rings (SSSR count). The molecule has 6 nitrogen and oxygen atoms in total. The first-order valence-corrected chi connectivity index (χ1v) is 9.30. The number of unbranched alkanes of at least 4 members (excludes halogenated alkanes) is 1. The Labute approximate surface area is 154 Å². The molecule has 0 saturated carbocycles. The van der Waals surface area contributed by atoms with E-state index in [0.29, 0.717) is 31.7 Å². The zero-order chi connectivity index (χ0) is 18.9. The van der Waals surface area contributed by atoms with Gasteiger partial charge in [0.05, 0.1) is 12.5 Å². The highest BCUT2D eigenvalue weighted by Gasteiger charge is 2.29. The van der Waals surface area contributed by atoms with Crippen molar-refractivity contribution >= 4 is 17.8 Å². The minimum Gasteiger partial charge on any atom is -0.464 e.